The van der Waals surface area contributed by atoms with E-state index < -0.39 is 5.97 Å². The molecule has 0 saturated carbocycles. The molecular formula is C10H10O3. The Balaban J connectivity index is 3.04. The van der Waals surface area contributed by atoms with Gasteiger partial charge in [0.2, 0.25) is 0 Å². The van der Waals surface area contributed by atoms with Gasteiger partial charge < -0.3 is 10.2 Å². The van der Waals surface area contributed by atoms with E-state index in [4.69, 9.17) is 10.2 Å². The van der Waals surface area contributed by atoms with Crippen LogP contribution in [-0.2, 0) is 6.42 Å². The normalized spacial score (nSPS) is 9.54. The second kappa shape index (κ2) is 3.76. The summed E-state index contributed by atoms with van der Waals surface area (Å²) in [6.07, 6.45) is 0.183. The first-order valence-electron chi connectivity index (χ1n) is 3.79. The monoisotopic (exact) mass is 178 g/mol. The maximum absolute atomic E-state index is 10.7. The lowest BCUT2D eigenvalue weighted by molar-refractivity contribution is 0.0696. The van der Waals surface area contributed by atoms with Gasteiger partial charge in [-0.1, -0.05) is 24.8 Å². The minimum Gasteiger partial charge on any atom is -0.513 e. The van der Waals surface area contributed by atoms with E-state index in [0.717, 1.165) is 0 Å². The molecule has 0 unspecified atom stereocenters. The molecule has 1 aromatic carbocycles. The van der Waals surface area contributed by atoms with E-state index in [2.05, 4.69) is 6.58 Å². The summed E-state index contributed by atoms with van der Waals surface area (Å²) < 4.78 is 0. The highest BCUT2D eigenvalue weighted by Crippen LogP contribution is 2.11. The van der Waals surface area contributed by atoms with Gasteiger partial charge in [-0.3, -0.25) is 0 Å². The third-order valence-corrected chi connectivity index (χ3v) is 1.64. The van der Waals surface area contributed by atoms with Crippen LogP contribution in [0.5, 0.6) is 0 Å². The Bertz CT molecular complexity index is 342. The molecule has 0 atom stereocenters. The minimum absolute atomic E-state index is 0.0336. The number of aliphatic hydroxyl groups excluding tert-OH is 1. The van der Waals surface area contributed by atoms with Crippen LogP contribution in [0.3, 0.4) is 0 Å². The number of rotatable bonds is 3. The Morgan fingerprint density at radius 3 is 2.46 bits per heavy atom. The Hall–Kier alpha value is -1.77. The summed E-state index contributed by atoms with van der Waals surface area (Å²) in [5, 5.41) is 17.7. The predicted octanol–water partition coefficient (Wildman–Crippen LogP) is 2.00. The first-order chi connectivity index (χ1) is 6.11. The second-order valence-corrected chi connectivity index (χ2v) is 2.71. The molecule has 0 heterocycles. The van der Waals surface area contributed by atoms with Crippen molar-refractivity contribution in [1.29, 1.82) is 0 Å². The topological polar surface area (TPSA) is 57.5 Å². The highest BCUT2D eigenvalue weighted by molar-refractivity contribution is 5.89. The number of benzene rings is 1. The molecule has 0 aromatic heterocycles. The van der Waals surface area contributed by atoms with E-state index >= 15 is 0 Å². The molecular weight excluding hydrogens is 168 g/mol. The first kappa shape index (κ1) is 9.32. The quantitative estimate of drug-likeness (QED) is 0.696. The van der Waals surface area contributed by atoms with Gasteiger partial charge >= 0.3 is 5.97 Å². The van der Waals surface area contributed by atoms with Crippen molar-refractivity contribution in [2.45, 2.75) is 6.42 Å². The standard InChI is InChI=1S/C10H10O3/c1-7(11)6-8-4-2-3-5-9(8)10(12)13/h2-5,11H,1,6H2,(H,12,13). The van der Waals surface area contributed by atoms with Crippen molar-refractivity contribution in [2.24, 2.45) is 0 Å². The first-order valence-corrected chi connectivity index (χ1v) is 3.79. The van der Waals surface area contributed by atoms with Gasteiger partial charge in [0.25, 0.3) is 0 Å². The van der Waals surface area contributed by atoms with E-state index in [0.29, 0.717) is 5.56 Å². The molecule has 1 rings (SSSR count). The van der Waals surface area contributed by atoms with Gasteiger partial charge in [-0.2, -0.15) is 0 Å². The molecule has 3 heteroatoms. The molecule has 0 aliphatic heterocycles. The molecule has 0 aliphatic rings. The van der Waals surface area contributed by atoms with Crippen molar-refractivity contribution in [2.75, 3.05) is 0 Å². The van der Waals surface area contributed by atoms with Gasteiger partial charge in [0.05, 0.1) is 11.3 Å². The lowest BCUT2D eigenvalue weighted by Gasteiger charge is -2.03. The van der Waals surface area contributed by atoms with Crippen LogP contribution in [0.1, 0.15) is 15.9 Å². The molecule has 0 radical (unpaired) electrons. The summed E-state index contributed by atoms with van der Waals surface area (Å²) in [6.45, 7) is 3.31. The van der Waals surface area contributed by atoms with E-state index in [-0.39, 0.29) is 17.7 Å². The fourth-order valence-electron chi connectivity index (χ4n) is 1.10. The van der Waals surface area contributed by atoms with Crippen LogP contribution in [0, 0.1) is 0 Å². The molecule has 0 bridgehead atoms. The molecule has 3 nitrogen and oxygen atoms in total. The fraction of sp³-hybridized carbons (Fsp3) is 0.100. The largest absolute Gasteiger partial charge is 0.513 e. The highest BCUT2D eigenvalue weighted by atomic mass is 16.4. The van der Waals surface area contributed by atoms with E-state index in [1.54, 1.807) is 18.2 Å². The zero-order chi connectivity index (χ0) is 9.84. The highest BCUT2D eigenvalue weighted by Gasteiger charge is 2.08. The van der Waals surface area contributed by atoms with Gasteiger partial charge in [0.1, 0.15) is 0 Å². The lowest BCUT2D eigenvalue weighted by Crippen LogP contribution is -2.02. The number of allylic oxidation sites excluding steroid dienone is 1. The number of aliphatic hydroxyl groups is 1. The van der Waals surface area contributed by atoms with Gasteiger partial charge in [-0.25, -0.2) is 4.79 Å². The van der Waals surface area contributed by atoms with E-state index in [1.807, 2.05) is 0 Å². The van der Waals surface area contributed by atoms with E-state index in [1.165, 1.54) is 6.07 Å². The Morgan fingerprint density at radius 1 is 1.31 bits per heavy atom. The summed E-state index contributed by atoms with van der Waals surface area (Å²) in [5.41, 5.74) is 0.778. The third kappa shape index (κ3) is 2.33. The number of carboxylic acid groups (broad SMARTS) is 1. The fourth-order valence-corrected chi connectivity index (χ4v) is 1.10. The summed E-state index contributed by atoms with van der Waals surface area (Å²) >= 11 is 0. The van der Waals surface area contributed by atoms with Crippen LogP contribution in [0.4, 0.5) is 0 Å². The van der Waals surface area contributed by atoms with Crippen LogP contribution >= 0.6 is 0 Å². The van der Waals surface area contributed by atoms with Gasteiger partial charge in [-0.15, -0.1) is 0 Å². The molecule has 1 aromatic rings. The van der Waals surface area contributed by atoms with Crippen LogP contribution in [0.15, 0.2) is 36.6 Å². The molecule has 0 aliphatic carbocycles. The molecule has 2 N–H and O–H groups in total. The number of aromatic carboxylic acids is 1. The molecule has 0 spiro atoms. The summed E-state index contributed by atoms with van der Waals surface area (Å²) in [6, 6.07) is 6.53. The van der Waals surface area contributed by atoms with Crippen LogP contribution in [-0.4, -0.2) is 16.2 Å². The summed E-state index contributed by atoms with van der Waals surface area (Å²) in [5.74, 6) is -1.02. The molecule has 0 saturated heterocycles. The van der Waals surface area contributed by atoms with Crippen LogP contribution < -0.4 is 0 Å². The zero-order valence-electron chi connectivity index (χ0n) is 7.03. The number of hydrogen-bond acceptors (Lipinski definition) is 2. The van der Waals surface area contributed by atoms with Crippen LogP contribution in [0.2, 0.25) is 0 Å². The van der Waals surface area contributed by atoms with Crippen molar-refractivity contribution in [3.8, 4) is 0 Å². The number of hydrogen-bond donors (Lipinski definition) is 2. The third-order valence-electron chi connectivity index (χ3n) is 1.64. The van der Waals surface area contributed by atoms with Gasteiger partial charge in [0, 0.05) is 6.42 Å². The average Bonchev–Trinajstić information content (AvgIpc) is 2.03. The van der Waals surface area contributed by atoms with Crippen molar-refractivity contribution in [1.82, 2.24) is 0 Å². The second-order valence-electron chi connectivity index (χ2n) is 2.71. The van der Waals surface area contributed by atoms with Gasteiger partial charge in [0.15, 0.2) is 0 Å². The Morgan fingerprint density at radius 2 is 1.92 bits per heavy atom. The van der Waals surface area contributed by atoms with Crippen molar-refractivity contribution in [3.05, 3.63) is 47.7 Å². The predicted molar refractivity (Wildman–Crippen MR) is 48.9 cm³/mol. The SMILES string of the molecule is C=C(O)Cc1ccccc1C(=O)O. The van der Waals surface area contributed by atoms with Crippen molar-refractivity contribution in [3.63, 3.8) is 0 Å². The maximum atomic E-state index is 10.7. The maximum Gasteiger partial charge on any atom is 0.335 e. The molecule has 0 amide bonds. The summed E-state index contributed by atoms with van der Waals surface area (Å²) in [7, 11) is 0. The smallest absolute Gasteiger partial charge is 0.335 e. The van der Waals surface area contributed by atoms with Crippen molar-refractivity contribution >= 4 is 5.97 Å². The molecule has 13 heavy (non-hydrogen) atoms. The minimum atomic E-state index is -0.989. The number of carboxylic acids is 1. The molecule has 68 valence electrons. The van der Waals surface area contributed by atoms with Crippen molar-refractivity contribution < 1.29 is 15.0 Å². The summed E-state index contributed by atoms with van der Waals surface area (Å²) in [4.78, 5) is 10.7. The molecule has 0 fully saturated rings. The lowest BCUT2D eigenvalue weighted by atomic mass is 10.0. The van der Waals surface area contributed by atoms with Crippen LogP contribution in [0.25, 0.3) is 0 Å². The Kier molecular flexibility index (Phi) is 2.69. The Labute approximate surface area is 76.0 Å². The van der Waals surface area contributed by atoms with E-state index in [9.17, 15) is 4.79 Å². The zero-order valence-corrected chi connectivity index (χ0v) is 7.03. The number of carbonyl (C=O) groups is 1. The van der Waals surface area contributed by atoms with Gasteiger partial charge in [-0.05, 0) is 11.6 Å². The average molecular weight is 178 g/mol.